The molecule has 4 N–H and O–H groups in total. The number of hydrogen-bond donors (Lipinski definition) is 4. The molecule has 1 aromatic carbocycles. The van der Waals surface area contributed by atoms with E-state index >= 15 is 0 Å². The normalized spacial score (nSPS) is 10.1. The molecular formula is C13H19N3O3. The van der Waals surface area contributed by atoms with Crippen LogP contribution in [0.15, 0.2) is 24.3 Å². The molecule has 0 atom stereocenters. The van der Waals surface area contributed by atoms with E-state index in [1.54, 1.807) is 24.3 Å². The Morgan fingerprint density at radius 3 is 2.58 bits per heavy atom. The standard InChI is InChI=1S/C13H19N3O3/c1-9(2)15-13(19)16-11-6-4-3-5-10(11)12(18)14-7-8-17/h3-6,9,17H,7-8H2,1-2H3,(H,14,18)(H2,15,16,19). The average Bonchev–Trinajstić information content (AvgIpc) is 2.35. The van der Waals surface area contributed by atoms with Gasteiger partial charge in [-0.05, 0) is 26.0 Å². The summed E-state index contributed by atoms with van der Waals surface area (Å²) in [6, 6.07) is 6.34. The van der Waals surface area contributed by atoms with E-state index in [4.69, 9.17) is 5.11 Å². The SMILES string of the molecule is CC(C)NC(=O)Nc1ccccc1C(=O)NCCO. The first-order valence-corrected chi connectivity index (χ1v) is 6.10. The predicted octanol–water partition coefficient (Wildman–Crippen LogP) is 0.939. The van der Waals surface area contributed by atoms with Crippen LogP contribution in [0.2, 0.25) is 0 Å². The van der Waals surface area contributed by atoms with Crippen LogP contribution in [0.1, 0.15) is 24.2 Å². The van der Waals surface area contributed by atoms with Crippen molar-refractivity contribution in [3.63, 3.8) is 0 Å². The molecule has 104 valence electrons. The number of nitrogens with one attached hydrogen (secondary N) is 3. The molecule has 0 aliphatic heterocycles. The van der Waals surface area contributed by atoms with Gasteiger partial charge in [-0.2, -0.15) is 0 Å². The third-order valence-corrected chi connectivity index (χ3v) is 2.24. The Kier molecular flexibility index (Phi) is 5.81. The summed E-state index contributed by atoms with van der Waals surface area (Å²) >= 11 is 0. The van der Waals surface area contributed by atoms with Crippen LogP contribution in [0.3, 0.4) is 0 Å². The highest BCUT2D eigenvalue weighted by Gasteiger charge is 2.12. The molecule has 0 spiro atoms. The zero-order valence-corrected chi connectivity index (χ0v) is 11.1. The van der Waals surface area contributed by atoms with E-state index in [2.05, 4.69) is 16.0 Å². The van der Waals surface area contributed by atoms with Crippen molar-refractivity contribution in [2.24, 2.45) is 0 Å². The Labute approximate surface area is 112 Å². The number of urea groups is 1. The van der Waals surface area contributed by atoms with Gasteiger partial charge in [0, 0.05) is 12.6 Å². The number of anilines is 1. The number of carbonyl (C=O) groups is 2. The molecule has 0 saturated carbocycles. The number of rotatable bonds is 5. The maximum atomic E-state index is 11.8. The van der Waals surface area contributed by atoms with Crippen molar-refractivity contribution in [2.75, 3.05) is 18.5 Å². The lowest BCUT2D eigenvalue weighted by Gasteiger charge is -2.13. The summed E-state index contributed by atoms with van der Waals surface area (Å²) in [5.74, 6) is -0.338. The fourth-order valence-corrected chi connectivity index (χ4v) is 1.48. The summed E-state index contributed by atoms with van der Waals surface area (Å²) in [7, 11) is 0. The molecule has 0 aliphatic carbocycles. The van der Waals surface area contributed by atoms with Gasteiger partial charge in [-0.15, -0.1) is 0 Å². The molecule has 0 aliphatic rings. The number of aliphatic hydroxyl groups is 1. The second-order valence-electron chi connectivity index (χ2n) is 4.28. The van der Waals surface area contributed by atoms with Gasteiger partial charge in [0.1, 0.15) is 0 Å². The zero-order valence-electron chi connectivity index (χ0n) is 11.1. The Morgan fingerprint density at radius 1 is 1.26 bits per heavy atom. The first-order valence-electron chi connectivity index (χ1n) is 6.10. The van der Waals surface area contributed by atoms with Gasteiger partial charge >= 0.3 is 6.03 Å². The Bertz CT molecular complexity index is 447. The largest absolute Gasteiger partial charge is 0.395 e. The minimum absolute atomic E-state index is 0.00961. The molecule has 0 unspecified atom stereocenters. The van der Waals surface area contributed by atoms with Gasteiger partial charge < -0.3 is 21.1 Å². The highest BCUT2D eigenvalue weighted by molar-refractivity contribution is 6.03. The van der Waals surface area contributed by atoms with Crippen LogP contribution in [-0.4, -0.2) is 36.2 Å². The minimum Gasteiger partial charge on any atom is -0.395 e. The lowest BCUT2D eigenvalue weighted by molar-refractivity contribution is 0.0945. The average molecular weight is 265 g/mol. The molecule has 1 aromatic rings. The van der Waals surface area contributed by atoms with Gasteiger partial charge in [-0.25, -0.2) is 4.79 Å². The van der Waals surface area contributed by atoms with Crippen molar-refractivity contribution < 1.29 is 14.7 Å². The van der Waals surface area contributed by atoms with Gasteiger partial charge in [0.2, 0.25) is 0 Å². The monoisotopic (exact) mass is 265 g/mol. The minimum atomic E-state index is -0.364. The van der Waals surface area contributed by atoms with Crippen LogP contribution in [0.25, 0.3) is 0 Å². The summed E-state index contributed by atoms with van der Waals surface area (Å²) in [5, 5.41) is 16.5. The Hall–Kier alpha value is -2.08. The van der Waals surface area contributed by atoms with Crippen molar-refractivity contribution in [3.05, 3.63) is 29.8 Å². The van der Waals surface area contributed by atoms with Crippen molar-refractivity contribution in [2.45, 2.75) is 19.9 Å². The van der Waals surface area contributed by atoms with Crippen LogP contribution in [0, 0.1) is 0 Å². The fraction of sp³-hybridized carbons (Fsp3) is 0.385. The van der Waals surface area contributed by atoms with Gasteiger partial charge in [0.05, 0.1) is 17.9 Å². The summed E-state index contributed by atoms with van der Waals surface area (Å²) in [4.78, 5) is 23.5. The molecule has 19 heavy (non-hydrogen) atoms. The molecule has 0 saturated heterocycles. The maximum absolute atomic E-state index is 11.8. The number of aliphatic hydroxyl groups excluding tert-OH is 1. The van der Waals surface area contributed by atoms with E-state index in [9.17, 15) is 9.59 Å². The summed E-state index contributed by atoms with van der Waals surface area (Å²) < 4.78 is 0. The molecule has 0 fully saturated rings. The van der Waals surface area contributed by atoms with Gasteiger partial charge in [-0.1, -0.05) is 12.1 Å². The van der Waals surface area contributed by atoms with Crippen LogP contribution < -0.4 is 16.0 Å². The van der Waals surface area contributed by atoms with Crippen LogP contribution in [0.5, 0.6) is 0 Å². The molecule has 0 bridgehead atoms. The highest BCUT2D eigenvalue weighted by Crippen LogP contribution is 2.14. The number of para-hydroxylation sites is 1. The van der Waals surface area contributed by atoms with E-state index in [1.807, 2.05) is 13.8 Å². The number of amides is 3. The molecule has 6 nitrogen and oxygen atoms in total. The topological polar surface area (TPSA) is 90.5 Å². The van der Waals surface area contributed by atoms with Crippen molar-refractivity contribution >= 4 is 17.6 Å². The van der Waals surface area contributed by atoms with Crippen molar-refractivity contribution in [1.29, 1.82) is 0 Å². The Morgan fingerprint density at radius 2 is 1.95 bits per heavy atom. The summed E-state index contributed by atoms with van der Waals surface area (Å²) in [6.07, 6.45) is 0. The first kappa shape index (κ1) is 15.0. The summed E-state index contributed by atoms with van der Waals surface area (Å²) in [5.41, 5.74) is 0.783. The van der Waals surface area contributed by atoms with Gasteiger partial charge in [0.15, 0.2) is 0 Å². The number of carbonyl (C=O) groups excluding carboxylic acids is 2. The van der Waals surface area contributed by atoms with Gasteiger partial charge in [0.25, 0.3) is 5.91 Å². The molecule has 0 aromatic heterocycles. The molecule has 0 heterocycles. The molecule has 0 radical (unpaired) electrons. The zero-order chi connectivity index (χ0) is 14.3. The van der Waals surface area contributed by atoms with E-state index in [-0.39, 0.29) is 31.1 Å². The summed E-state index contributed by atoms with van der Waals surface area (Å²) in [6.45, 7) is 3.74. The van der Waals surface area contributed by atoms with Crippen molar-refractivity contribution in [1.82, 2.24) is 10.6 Å². The first-order chi connectivity index (χ1) is 9.04. The maximum Gasteiger partial charge on any atom is 0.319 e. The molecular weight excluding hydrogens is 246 g/mol. The third kappa shape index (κ3) is 4.97. The van der Waals surface area contributed by atoms with Crippen LogP contribution in [-0.2, 0) is 0 Å². The fourth-order valence-electron chi connectivity index (χ4n) is 1.48. The molecule has 1 rings (SSSR count). The quantitative estimate of drug-likeness (QED) is 0.638. The van der Waals surface area contributed by atoms with Crippen LogP contribution >= 0.6 is 0 Å². The lowest BCUT2D eigenvalue weighted by Crippen LogP contribution is -2.35. The number of hydrogen-bond acceptors (Lipinski definition) is 3. The van der Waals surface area contributed by atoms with Crippen molar-refractivity contribution in [3.8, 4) is 0 Å². The number of benzene rings is 1. The predicted molar refractivity (Wildman–Crippen MR) is 73.2 cm³/mol. The second-order valence-corrected chi connectivity index (χ2v) is 4.28. The van der Waals surface area contributed by atoms with E-state index in [0.29, 0.717) is 11.3 Å². The highest BCUT2D eigenvalue weighted by atomic mass is 16.3. The van der Waals surface area contributed by atoms with Crippen LogP contribution in [0.4, 0.5) is 10.5 Å². The van der Waals surface area contributed by atoms with E-state index in [0.717, 1.165) is 0 Å². The molecule has 6 heteroatoms. The van der Waals surface area contributed by atoms with Gasteiger partial charge in [-0.3, -0.25) is 4.79 Å². The molecule has 3 amide bonds. The second kappa shape index (κ2) is 7.38. The third-order valence-electron chi connectivity index (χ3n) is 2.24. The smallest absolute Gasteiger partial charge is 0.319 e. The lowest BCUT2D eigenvalue weighted by atomic mass is 10.1. The van der Waals surface area contributed by atoms with E-state index in [1.165, 1.54) is 0 Å². The van der Waals surface area contributed by atoms with E-state index < -0.39 is 0 Å². The Balaban J connectivity index is 2.78.